The molecule has 3 aromatic rings. The number of carbonyl (C=O) groups excluding carboxylic acids is 1. The van der Waals surface area contributed by atoms with Gasteiger partial charge in [0.25, 0.3) is 0 Å². The van der Waals surface area contributed by atoms with Crippen LogP contribution >= 0.6 is 11.6 Å². The molecule has 0 N–H and O–H groups in total. The Hall–Kier alpha value is -2.14. The number of likely N-dealkylation sites (tertiary alicyclic amines) is 1. The summed E-state index contributed by atoms with van der Waals surface area (Å²) in [5.41, 5.74) is 5.75. The molecule has 236 valence electrons. The smallest absolute Gasteiger partial charge is 0.213 e. The number of carbonyl (C=O) groups is 1. The number of Topliss-reactive ketones (excluding diaryl/α,β-unsaturated/α-hetero) is 1. The normalized spacial score (nSPS) is 16.5. The van der Waals surface area contributed by atoms with Crippen molar-refractivity contribution in [3.05, 3.63) is 112 Å². The van der Waals surface area contributed by atoms with Gasteiger partial charge in [0.2, 0.25) is 5.88 Å². The Labute approximate surface area is 292 Å². The fourth-order valence-electron chi connectivity index (χ4n) is 4.86. The van der Waals surface area contributed by atoms with E-state index in [2.05, 4.69) is 43.3 Å². The van der Waals surface area contributed by atoms with Crippen LogP contribution in [-0.2, 0) is 11.3 Å². The predicted octanol–water partition coefficient (Wildman–Crippen LogP) is 8.57. The third-order valence-corrected chi connectivity index (χ3v) is 7.86. The summed E-state index contributed by atoms with van der Waals surface area (Å²) in [6.45, 7) is 20.8. The average molecular weight is 846 g/mol. The molecule has 3 heterocycles. The molecule has 0 saturated carbocycles. The summed E-state index contributed by atoms with van der Waals surface area (Å²) in [4.78, 5) is 17.9. The van der Waals surface area contributed by atoms with Crippen LogP contribution in [0.4, 0.5) is 4.39 Å². The predicted molar refractivity (Wildman–Crippen MR) is 173 cm³/mol. The molecule has 2 aliphatic rings. The molecule has 0 amide bonds. The van der Waals surface area contributed by atoms with E-state index in [4.69, 9.17) is 21.1 Å². The van der Waals surface area contributed by atoms with Gasteiger partial charge in [0.1, 0.15) is 12.4 Å². The van der Waals surface area contributed by atoms with Gasteiger partial charge in [-0.1, -0.05) is 60.0 Å². The Morgan fingerprint density at radius 3 is 2.39 bits per heavy atom. The average Bonchev–Trinajstić information content (AvgIpc) is 3.46. The molecule has 2 fully saturated rings. The summed E-state index contributed by atoms with van der Waals surface area (Å²) in [6.07, 6.45) is 3.42. The molecule has 5 rings (SSSR count). The Morgan fingerprint density at radius 2 is 1.84 bits per heavy atom. The fourth-order valence-corrected chi connectivity index (χ4v) is 5.02. The number of hydrogen-bond acceptors (Lipinski definition) is 5. The van der Waals surface area contributed by atoms with E-state index in [1.807, 2.05) is 38.1 Å². The maximum atomic E-state index is 13.9. The van der Waals surface area contributed by atoms with E-state index < -0.39 is 0 Å². The molecule has 1 aromatic heterocycles. The van der Waals surface area contributed by atoms with Gasteiger partial charge in [-0.3, -0.25) is 4.90 Å². The van der Waals surface area contributed by atoms with Gasteiger partial charge in [-0.25, -0.2) is 9.37 Å². The van der Waals surface area contributed by atoms with Crippen molar-refractivity contribution in [3.8, 4) is 5.88 Å². The summed E-state index contributed by atoms with van der Waals surface area (Å²) in [7, 11) is 0. The quantitative estimate of drug-likeness (QED) is 0.136. The second-order valence-electron chi connectivity index (χ2n) is 11.6. The zero-order valence-corrected chi connectivity index (χ0v) is 31.4. The number of ketones is 1. The second-order valence-corrected chi connectivity index (χ2v) is 12.1. The van der Waals surface area contributed by atoms with E-state index in [0.29, 0.717) is 27.9 Å². The van der Waals surface area contributed by atoms with Crippen LogP contribution < -0.4 is 4.74 Å². The first-order chi connectivity index (χ1) is 20.5. The van der Waals surface area contributed by atoms with E-state index in [9.17, 15) is 9.18 Å². The van der Waals surface area contributed by atoms with E-state index in [0.717, 1.165) is 62.9 Å². The van der Waals surface area contributed by atoms with Gasteiger partial charge in [-0.2, -0.15) is 6.92 Å². The van der Waals surface area contributed by atoms with Gasteiger partial charge in [0, 0.05) is 84.9 Å². The summed E-state index contributed by atoms with van der Waals surface area (Å²) < 4.78 is 24.6. The summed E-state index contributed by atoms with van der Waals surface area (Å²) >= 11 is 5.78. The zero-order chi connectivity index (χ0) is 31.4. The van der Waals surface area contributed by atoms with Crippen molar-refractivity contribution in [3.63, 3.8) is 0 Å². The zero-order valence-electron chi connectivity index (χ0n) is 26.5. The molecule has 0 unspecified atom stereocenters. The summed E-state index contributed by atoms with van der Waals surface area (Å²) in [5.74, 6) is 1.31. The number of pyridine rings is 1. The molecule has 44 heavy (non-hydrogen) atoms. The van der Waals surface area contributed by atoms with Crippen molar-refractivity contribution in [2.24, 2.45) is 5.92 Å². The minimum Gasteiger partial charge on any atom is -0.473 e. The van der Waals surface area contributed by atoms with Crippen LogP contribution in [0.3, 0.4) is 0 Å². The summed E-state index contributed by atoms with van der Waals surface area (Å²) in [6, 6.07) is 16.0. The number of benzene rings is 2. The molecular weight excluding hydrogens is 801 g/mol. The topological polar surface area (TPSA) is 51.7 Å². The third-order valence-electron chi connectivity index (χ3n) is 7.62. The van der Waals surface area contributed by atoms with Crippen molar-refractivity contribution in [2.45, 2.75) is 59.5 Å². The number of hydrogen-bond donors (Lipinski definition) is 0. The molecule has 5 nitrogen and oxygen atoms in total. The largest absolute Gasteiger partial charge is 0.473 e. The molecule has 0 spiro atoms. The Bertz CT molecular complexity index is 1350. The monoisotopic (exact) mass is 845 g/mol. The Balaban J connectivity index is 0.000000307. The van der Waals surface area contributed by atoms with Gasteiger partial charge >= 0.3 is 0 Å². The Kier molecular flexibility index (Phi) is 16.8. The van der Waals surface area contributed by atoms with E-state index >= 15 is 0 Å². The van der Waals surface area contributed by atoms with Crippen LogP contribution in [0.1, 0.15) is 71.8 Å². The van der Waals surface area contributed by atoms with Crippen LogP contribution in [0.25, 0.3) is 0 Å². The number of nitrogens with zero attached hydrogens (tertiary/aromatic N) is 2. The van der Waals surface area contributed by atoms with Gasteiger partial charge in [0.05, 0.1) is 0 Å². The van der Waals surface area contributed by atoms with Crippen LogP contribution in [0.15, 0.2) is 66.7 Å². The minimum atomic E-state index is -0.362. The third kappa shape index (κ3) is 13.1. The molecule has 2 aliphatic heterocycles. The van der Waals surface area contributed by atoms with Crippen LogP contribution in [-0.4, -0.2) is 48.5 Å². The van der Waals surface area contributed by atoms with Gasteiger partial charge in [0.15, 0.2) is 0 Å². The molecule has 0 bridgehead atoms. The van der Waals surface area contributed by atoms with Crippen LogP contribution in [0.5, 0.6) is 5.88 Å². The Morgan fingerprint density at radius 1 is 1.11 bits per heavy atom. The SMILES string of the molecule is C=C(C)CN1CCC(c2cccc(OCc3ccc(Cl)cc3F)n2)CC1.C[C@@H]1CCOC1.[CH2-]C(=O)c1ccc(C)c(C)c1.[U]. The standard InChI is InChI=1S/C21H24ClFN2O.C10H11O.C5H10O.U/c1-15(2)13-25-10-8-16(9-11-25)20-4-3-5-21(24-20)26-14-17-6-7-18(22)12-19(17)23;1-7-4-5-10(9(3)11)6-8(7)2;1-5-2-3-6-4-5;/h3-7,12,16H,1,8-11,13-14H2,2H3;4-6H,3H2,1-2H3;5H,2-4H2,1H3;/q;-1;;/t;;5-;/m..1./s1. The van der Waals surface area contributed by atoms with Gasteiger partial charge in [-0.15, -0.1) is 17.7 Å². The van der Waals surface area contributed by atoms with Crippen molar-refractivity contribution < 1.29 is 49.8 Å². The van der Waals surface area contributed by atoms with Crippen LogP contribution in [0, 0.1) is 63.6 Å². The molecule has 2 aromatic carbocycles. The minimum absolute atomic E-state index is 0. The van der Waals surface area contributed by atoms with Crippen molar-refractivity contribution in [1.82, 2.24) is 9.88 Å². The van der Waals surface area contributed by atoms with Crippen molar-refractivity contribution in [1.29, 1.82) is 0 Å². The summed E-state index contributed by atoms with van der Waals surface area (Å²) in [5, 5.41) is 0.379. The molecule has 0 radical (unpaired) electrons. The van der Waals surface area contributed by atoms with Gasteiger partial charge in [-0.05, 0) is 77.2 Å². The number of ether oxygens (including phenoxy) is 2. The first kappa shape index (κ1) is 38.0. The molecule has 2 saturated heterocycles. The first-order valence-electron chi connectivity index (χ1n) is 14.9. The maximum Gasteiger partial charge on any atom is 0.213 e. The number of aryl methyl sites for hydroxylation is 2. The number of piperidine rings is 1. The van der Waals surface area contributed by atoms with Crippen LogP contribution in [0.2, 0.25) is 5.02 Å². The van der Waals surface area contributed by atoms with E-state index in [1.54, 1.807) is 18.2 Å². The van der Waals surface area contributed by atoms with E-state index in [1.165, 1.54) is 23.6 Å². The number of halogens is 2. The maximum absolute atomic E-state index is 13.9. The number of aromatic nitrogens is 1. The molecule has 8 heteroatoms. The number of rotatable bonds is 7. The van der Waals surface area contributed by atoms with Crippen molar-refractivity contribution >= 4 is 17.4 Å². The molecule has 1 atom stereocenters. The molecular formula is C36H45ClFN2O3U-. The van der Waals surface area contributed by atoms with Crippen molar-refractivity contribution in [2.75, 3.05) is 32.8 Å². The van der Waals surface area contributed by atoms with Gasteiger partial charge < -0.3 is 14.3 Å². The second kappa shape index (κ2) is 19.4. The van der Waals surface area contributed by atoms with E-state index in [-0.39, 0.29) is 49.3 Å². The fraction of sp³-hybridized carbons (Fsp3) is 0.417. The first-order valence-corrected chi connectivity index (χ1v) is 15.3. The molecule has 0 aliphatic carbocycles.